The molecule has 0 aliphatic carbocycles. The number of ether oxygens (including phenoxy) is 1. The number of hydrogen-bond donors (Lipinski definition) is 1. The molecule has 3 rings (SSSR count). The Morgan fingerprint density at radius 3 is 2.77 bits per heavy atom. The van der Waals surface area contributed by atoms with Crippen molar-refractivity contribution in [1.82, 2.24) is 9.55 Å². The Labute approximate surface area is 146 Å². The molecule has 1 aromatic heterocycles. The standard InChI is InChI=1S/C15H19F3N4O4/c1-9-8-26-5-4-20(9)11-6-12(23)21-3-2-10(15(16,17)18)22(7-13(24)25)14(21)19-11/h6,9-10H,2-5,7-8H2,1H3,(H,24,25)/t9-,10+/m1/s1. The molecule has 1 saturated heterocycles. The van der Waals surface area contributed by atoms with Crippen LogP contribution < -0.4 is 15.4 Å². The second-order valence-corrected chi connectivity index (χ2v) is 6.39. The summed E-state index contributed by atoms with van der Waals surface area (Å²) in [5.74, 6) is -1.45. The maximum Gasteiger partial charge on any atom is 0.408 e. The van der Waals surface area contributed by atoms with Crippen LogP contribution in [0.15, 0.2) is 10.9 Å². The highest BCUT2D eigenvalue weighted by atomic mass is 19.4. The van der Waals surface area contributed by atoms with Gasteiger partial charge in [0.05, 0.1) is 19.3 Å². The van der Waals surface area contributed by atoms with Crippen LogP contribution in [0.4, 0.5) is 24.9 Å². The zero-order valence-electron chi connectivity index (χ0n) is 14.1. The number of aliphatic carboxylic acids is 1. The van der Waals surface area contributed by atoms with Gasteiger partial charge in [0.25, 0.3) is 5.56 Å². The smallest absolute Gasteiger partial charge is 0.408 e. The van der Waals surface area contributed by atoms with E-state index in [4.69, 9.17) is 9.84 Å². The molecule has 1 aromatic rings. The van der Waals surface area contributed by atoms with E-state index in [0.717, 1.165) is 4.57 Å². The number of carboxylic acid groups (broad SMARTS) is 1. The molecule has 0 saturated carbocycles. The number of carbonyl (C=O) groups is 1. The molecule has 0 aromatic carbocycles. The number of hydrogen-bond acceptors (Lipinski definition) is 6. The summed E-state index contributed by atoms with van der Waals surface area (Å²) in [6.07, 6.45) is -5.03. The third-order valence-corrected chi connectivity index (χ3v) is 4.58. The maximum atomic E-state index is 13.4. The number of aromatic nitrogens is 2. The lowest BCUT2D eigenvalue weighted by Crippen LogP contribution is -2.54. The van der Waals surface area contributed by atoms with Crippen LogP contribution in [-0.4, -0.2) is 65.2 Å². The number of morpholine rings is 1. The fourth-order valence-corrected chi connectivity index (χ4v) is 3.34. The number of fused-ring (bicyclic) bond motifs is 1. The second kappa shape index (κ2) is 6.78. The molecule has 0 radical (unpaired) electrons. The first-order valence-electron chi connectivity index (χ1n) is 8.20. The lowest BCUT2D eigenvalue weighted by atomic mass is 10.1. The molecule has 0 bridgehead atoms. The zero-order valence-corrected chi connectivity index (χ0v) is 14.1. The summed E-state index contributed by atoms with van der Waals surface area (Å²) < 4.78 is 46.5. The van der Waals surface area contributed by atoms with Gasteiger partial charge in [-0.2, -0.15) is 18.2 Å². The third kappa shape index (κ3) is 3.48. The predicted octanol–water partition coefficient (Wildman–Crippen LogP) is 0.694. The molecule has 0 amide bonds. The van der Waals surface area contributed by atoms with Gasteiger partial charge in [-0.05, 0) is 13.3 Å². The number of nitrogens with zero attached hydrogens (tertiary/aromatic N) is 4. The summed E-state index contributed by atoms with van der Waals surface area (Å²) in [4.78, 5) is 30.2. The van der Waals surface area contributed by atoms with Gasteiger partial charge in [0.1, 0.15) is 18.4 Å². The molecule has 0 spiro atoms. The van der Waals surface area contributed by atoms with Gasteiger partial charge >= 0.3 is 12.1 Å². The maximum absolute atomic E-state index is 13.4. The van der Waals surface area contributed by atoms with Crippen LogP contribution in [0.2, 0.25) is 0 Å². The van der Waals surface area contributed by atoms with E-state index < -0.39 is 36.7 Å². The highest BCUT2D eigenvalue weighted by molar-refractivity contribution is 5.73. The Balaban J connectivity index is 2.07. The summed E-state index contributed by atoms with van der Waals surface area (Å²) in [5.41, 5.74) is -0.500. The van der Waals surface area contributed by atoms with Crippen molar-refractivity contribution in [3.63, 3.8) is 0 Å². The van der Waals surface area contributed by atoms with Gasteiger partial charge in [-0.1, -0.05) is 0 Å². The molecule has 3 heterocycles. The van der Waals surface area contributed by atoms with Crippen molar-refractivity contribution < 1.29 is 27.8 Å². The average Bonchev–Trinajstić information content (AvgIpc) is 2.54. The van der Waals surface area contributed by atoms with Crippen LogP contribution in [0.5, 0.6) is 0 Å². The first kappa shape index (κ1) is 18.5. The molecule has 2 atom stereocenters. The van der Waals surface area contributed by atoms with Crippen LogP contribution in [0.25, 0.3) is 0 Å². The first-order valence-corrected chi connectivity index (χ1v) is 8.20. The van der Waals surface area contributed by atoms with Crippen molar-refractivity contribution in [3.05, 3.63) is 16.4 Å². The molecule has 144 valence electrons. The molecule has 1 N–H and O–H groups in total. The minimum atomic E-state index is -4.62. The normalized spacial score (nSPS) is 23.7. The molecule has 26 heavy (non-hydrogen) atoms. The molecule has 2 aliphatic heterocycles. The van der Waals surface area contributed by atoms with Crippen LogP contribution in [0, 0.1) is 0 Å². The van der Waals surface area contributed by atoms with Gasteiger partial charge in [-0.25, -0.2) is 0 Å². The monoisotopic (exact) mass is 376 g/mol. The lowest BCUT2D eigenvalue weighted by molar-refractivity contribution is -0.154. The Morgan fingerprint density at radius 1 is 1.42 bits per heavy atom. The fourth-order valence-electron chi connectivity index (χ4n) is 3.34. The van der Waals surface area contributed by atoms with Crippen molar-refractivity contribution in [2.75, 3.05) is 36.1 Å². The Morgan fingerprint density at radius 2 is 2.15 bits per heavy atom. The number of halogens is 3. The van der Waals surface area contributed by atoms with E-state index in [1.807, 2.05) is 6.92 Å². The van der Waals surface area contributed by atoms with E-state index in [-0.39, 0.29) is 24.4 Å². The average molecular weight is 376 g/mol. The van der Waals surface area contributed by atoms with Crippen molar-refractivity contribution in [1.29, 1.82) is 0 Å². The molecular formula is C15H19F3N4O4. The van der Waals surface area contributed by atoms with Crippen LogP contribution in [0.3, 0.4) is 0 Å². The Hall–Kier alpha value is -2.30. The summed E-state index contributed by atoms with van der Waals surface area (Å²) >= 11 is 0. The van der Waals surface area contributed by atoms with E-state index >= 15 is 0 Å². The van der Waals surface area contributed by atoms with Crippen molar-refractivity contribution in [2.45, 2.75) is 38.1 Å². The minimum absolute atomic E-state index is 0.103. The second-order valence-electron chi connectivity index (χ2n) is 6.39. The van der Waals surface area contributed by atoms with Gasteiger partial charge < -0.3 is 19.6 Å². The van der Waals surface area contributed by atoms with Gasteiger partial charge in [-0.3, -0.25) is 14.2 Å². The predicted molar refractivity (Wildman–Crippen MR) is 85.6 cm³/mol. The Kier molecular flexibility index (Phi) is 4.82. The molecule has 8 nitrogen and oxygen atoms in total. The van der Waals surface area contributed by atoms with E-state index in [9.17, 15) is 22.8 Å². The van der Waals surface area contributed by atoms with Crippen LogP contribution in [-0.2, 0) is 16.1 Å². The quantitative estimate of drug-likeness (QED) is 0.831. The SMILES string of the molecule is C[C@@H]1COCCN1c1cc(=O)n2c(n1)N(CC(=O)O)[C@H](C(F)(F)F)CC2. The number of rotatable bonds is 3. The number of carboxylic acids is 1. The number of anilines is 2. The van der Waals surface area contributed by atoms with E-state index in [0.29, 0.717) is 24.7 Å². The fraction of sp³-hybridized carbons (Fsp3) is 0.667. The lowest BCUT2D eigenvalue weighted by Gasteiger charge is -2.39. The molecule has 0 unspecified atom stereocenters. The molecule has 11 heteroatoms. The van der Waals surface area contributed by atoms with Crippen LogP contribution >= 0.6 is 0 Å². The number of alkyl halides is 3. The third-order valence-electron chi connectivity index (χ3n) is 4.58. The summed E-state index contributed by atoms with van der Waals surface area (Å²) in [5, 5.41) is 9.05. The van der Waals surface area contributed by atoms with Crippen LogP contribution in [0.1, 0.15) is 13.3 Å². The molecular weight excluding hydrogens is 357 g/mol. The van der Waals surface area contributed by atoms with Gasteiger partial charge in [-0.15, -0.1) is 0 Å². The van der Waals surface area contributed by atoms with Crippen molar-refractivity contribution in [2.24, 2.45) is 0 Å². The highest BCUT2D eigenvalue weighted by Gasteiger charge is 2.47. The summed E-state index contributed by atoms with van der Waals surface area (Å²) in [6.45, 7) is 2.06. The molecule has 2 aliphatic rings. The summed E-state index contributed by atoms with van der Waals surface area (Å²) in [7, 11) is 0. The highest BCUT2D eigenvalue weighted by Crippen LogP contribution is 2.34. The van der Waals surface area contributed by atoms with Gasteiger partial charge in [0, 0.05) is 19.2 Å². The van der Waals surface area contributed by atoms with E-state index in [2.05, 4.69) is 4.98 Å². The summed E-state index contributed by atoms with van der Waals surface area (Å²) in [6, 6.07) is -0.824. The largest absolute Gasteiger partial charge is 0.480 e. The van der Waals surface area contributed by atoms with Crippen molar-refractivity contribution in [3.8, 4) is 0 Å². The van der Waals surface area contributed by atoms with Gasteiger partial charge in [0.15, 0.2) is 0 Å². The Bertz CT molecular complexity index is 751. The van der Waals surface area contributed by atoms with E-state index in [1.54, 1.807) is 4.90 Å². The topological polar surface area (TPSA) is 87.9 Å². The molecule has 1 fully saturated rings. The van der Waals surface area contributed by atoms with Crippen molar-refractivity contribution >= 4 is 17.7 Å². The minimum Gasteiger partial charge on any atom is -0.480 e. The van der Waals surface area contributed by atoms with E-state index in [1.165, 1.54) is 6.07 Å². The zero-order chi connectivity index (χ0) is 19.1. The first-order chi connectivity index (χ1) is 12.2. The van der Waals surface area contributed by atoms with Gasteiger partial charge in [0.2, 0.25) is 5.95 Å².